The molecule has 122 valence electrons. The van der Waals surface area contributed by atoms with Crippen molar-refractivity contribution in [3.63, 3.8) is 0 Å². The highest BCUT2D eigenvalue weighted by molar-refractivity contribution is 5.96. The second-order valence-corrected chi connectivity index (χ2v) is 5.08. The second kappa shape index (κ2) is 7.88. The molecule has 0 aromatic heterocycles. The van der Waals surface area contributed by atoms with Gasteiger partial charge in [0, 0.05) is 0 Å². The second-order valence-electron chi connectivity index (χ2n) is 5.08. The number of hydrogen-bond donors (Lipinski definition) is 1. The minimum Gasteiger partial charge on any atom is -0.452 e. The van der Waals surface area contributed by atoms with Crippen molar-refractivity contribution in [2.45, 2.75) is 19.4 Å². The Balaban J connectivity index is 1.92. The van der Waals surface area contributed by atoms with Gasteiger partial charge < -0.3 is 10.1 Å². The maximum absolute atomic E-state index is 12.8. The van der Waals surface area contributed by atoms with E-state index in [9.17, 15) is 14.0 Å². The quantitative estimate of drug-likeness (QED) is 0.857. The Bertz CT molecular complexity index is 782. The van der Waals surface area contributed by atoms with Gasteiger partial charge in [0.1, 0.15) is 11.9 Å². The summed E-state index contributed by atoms with van der Waals surface area (Å²) >= 11 is 0. The van der Waals surface area contributed by atoms with E-state index in [0.717, 1.165) is 0 Å². The predicted molar refractivity (Wildman–Crippen MR) is 85.4 cm³/mol. The molecule has 0 unspecified atom stereocenters. The Morgan fingerprint density at radius 2 is 1.88 bits per heavy atom. The van der Waals surface area contributed by atoms with Crippen LogP contribution in [0.4, 0.5) is 10.1 Å². The number of hydrogen-bond acceptors (Lipinski definition) is 4. The molecule has 5 nitrogen and oxygen atoms in total. The van der Waals surface area contributed by atoms with Gasteiger partial charge in [-0.1, -0.05) is 24.3 Å². The highest BCUT2D eigenvalue weighted by atomic mass is 19.1. The zero-order valence-electron chi connectivity index (χ0n) is 13.0. The summed E-state index contributed by atoms with van der Waals surface area (Å²) in [6, 6.07) is 13.9. The lowest BCUT2D eigenvalue weighted by atomic mass is 10.1. The van der Waals surface area contributed by atoms with Gasteiger partial charge in [-0.3, -0.25) is 9.59 Å². The number of nitriles is 1. The van der Waals surface area contributed by atoms with Crippen molar-refractivity contribution in [1.82, 2.24) is 0 Å². The number of nitrogens with one attached hydrogen (secondary N) is 1. The topological polar surface area (TPSA) is 79.2 Å². The molecule has 2 aromatic carbocycles. The van der Waals surface area contributed by atoms with E-state index in [1.54, 1.807) is 24.3 Å². The Hall–Kier alpha value is -3.20. The lowest BCUT2D eigenvalue weighted by Crippen LogP contribution is -2.30. The third-order valence-corrected chi connectivity index (χ3v) is 3.24. The fourth-order valence-corrected chi connectivity index (χ4v) is 1.99. The first-order valence-electron chi connectivity index (χ1n) is 7.23. The fraction of sp³-hybridized carbons (Fsp3) is 0.167. The third-order valence-electron chi connectivity index (χ3n) is 3.24. The molecule has 0 saturated carbocycles. The average molecular weight is 326 g/mol. The van der Waals surface area contributed by atoms with Crippen molar-refractivity contribution in [2.75, 3.05) is 5.32 Å². The number of amides is 1. The van der Waals surface area contributed by atoms with Gasteiger partial charge in [-0.2, -0.15) is 5.26 Å². The zero-order chi connectivity index (χ0) is 17.5. The molecule has 0 heterocycles. The molecule has 0 aliphatic heterocycles. The first-order chi connectivity index (χ1) is 11.5. The molecule has 1 amide bonds. The van der Waals surface area contributed by atoms with Crippen molar-refractivity contribution in [2.24, 2.45) is 0 Å². The summed E-state index contributed by atoms with van der Waals surface area (Å²) in [5.41, 5.74) is 1.26. The van der Waals surface area contributed by atoms with Crippen LogP contribution < -0.4 is 5.32 Å². The maximum Gasteiger partial charge on any atom is 0.311 e. The summed E-state index contributed by atoms with van der Waals surface area (Å²) in [5, 5.41) is 11.5. The number of benzene rings is 2. The number of anilines is 1. The fourth-order valence-electron chi connectivity index (χ4n) is 1.99. The molecule has 0 radical (unpaired) electrons. The SMILES string of the molecule is C[C@@H](OC(=O)Cc1ccc(F)cc1)C(=O)Nc1ccccc1C#N. The van der Waals surface area contributed by atoms with E-state index in [2.05, 4.69) is 5.32 Å². The van der Waals surface area contributed by atoms with E-state index >= 15 is 0 Å². The first-order valence-corrected chi connectivity index (χ1v) is 7.23. The molecule has 1 N–H and O–H groups in total. The number of para-hydroxylation sites is 1. The van der Waals surface area contributed by atoms with Crippen molar-refractivity contribution < 1.29 is 18.7 Å². The summed E-state index contributed by atoms with van der Waals surface area (Å²) in [7, 11) is 0. The van der Waals surface area contributed by atoms with E-state index < -0.39 is 23.8 Å². The Labute approximate surface area is 138 Å². The minimum absolute atomic E-state index is 0.0628. The molecule has 2 aromatic rings. The van der Waals surface area contributed by atoms with Gasteiger partial charge in [-0.25, -0.2) is 4.39 Å². The van der Waals surface area contributed by atoms with Crippen molar-refractivity contribution in [3.05, 3.63) is 65.5 Å². The molecule has 0 bridgehead atoms. The molecule has 2 rings (SSSR count). The van der Waals surface area contributed by atoms with Gasteiger partial charge in [0.2, 0.25) is 0 Å². The number of rotatable bonds is 5. The summed E-state index contributed by atoms with van der Waals surface area (Å²) in [6.45, 7) is 1.44. The molecule has 0 fully saturated rings. The van der Waals surface area contributed by atoms with Crippen molar-refractivity contribution in [3.8, 4) is 6.07 Å². The lowest BCUT2D eigenvalue weighted by Gasteiger charge is -2.14. The van der Waals surface area contributed by atoms with E-state index in [1.165, 1.54) is 31.2 Å². The normalized spacial score (nSPS) is 11.2. The van der Waals surface area contributed by atoms with Crippen LogP contribution in [-0.4, -0.2) is 18.0 Å². The van der Waals surface area contributed by atoms with Crippen molar-refractivity contribution >= 4 is 17.6 Å². The van der Waals surface area contributed by atoms with Gasteiger partial charge in [-0.05, 0) is 36.8 Å². The van der Waals surface area contributed by atoms with Gasteiger partial charge in [0.15, 0.2) is 6.10 Å². The van der Waals surface area contributed by atoms with E-state index in [1.807, 2.05) is 6.07 Å². The largest absolute Gasteiger partial charge is 0.452 e. The Kier molecular flexibility index (Phi) is 5.63. The third kappa shape index (κ3) is 4.65. The minimum atomic E-state index is -1.02. The summed E-state index contributed by atoms with van der Waals surface area (Å²) < 4.78 is 17.9. The molecule has 0 aliphatic carbocycles. The summed E-state index contributed by atoms with van der Waals surface area (Å²) in [4.78, 5) is 23.9. The van der Waals surface area contributed by atoms with Crippen LogP contribution in [0.15, 0.2) is 48.5 Å². The molecule has 0 saturated heterocycles. The Morgan fingerprint density at radius 3 is 2.54 bits per heavy atom. The van der Waals surface area contributed by atoms with Gasteiger partial charge in [-0.15, -0.1) is 0 Å². The van der Waals surface area contributed by atoms with Crippen LogP contribution in [0.1, 0.15) is 18.1 Å². The average Bonchev–Trinajstić information content (AvgIpc) is 2.57. The highest BCUT2D eigenvalue weighted by Gasteiger charge is 2.19. The smallest absolute Gasteiger partial charge is 0.311 e. The molecule has 0 spiro atoms. The first kappa shape index (κ1) is 17.2. The maximum atomic E-state index is 12.8. The summed E-state index contributed by atoms with van der Waals surface area (Å²) in [5.74, 6) is -1.53. The molecular formula is C18H15FN2O3. The number of nitrogens with zero attached hydrogens (tertiary/aromatic N) is 1. The number of ether oxygens (including phenoxy) is 1. The van der Waals surface area contributed by atoms with Crippen LogP contribution in [0, 0.1) is 17.1 Å². The molecule has 24 heavy (non-hydrogen) atoms. The van der Waals surface area contributed by atoms with E-state index in [0.29, 0.717) is 16.8 Å². The van der Waals surface area contributed by atoms with Gasteiger partial charge >= 0.3 is 5.97 Å². The number of carbonyl (C=O) groups excluding carboxylic acids is 2. The predicted octanol–water partition coefficient (Wildman–Crippen LogP) is 2.81. The molecule has 6 heteroatoms. The van der Waals surface area contributed by atoms with Crippen LogP contribution in [0.2, 0.25) is 0 Å². The zero-order valence-corrected chi connectivity index (χ0v) is 13.0. The van der Waals surface area contributed by atoms with Gasteiger partial charge in [0.05, 0.1) is 17.7 Å². The number of halogens is 1. The van der Waals surface area contributed by atoms with E-state index in [-0.39, 0.29) is 6.42 Å². The number of carbonyl (C=O) groups is 2. The Morgan fingerprint density at radius 1 is 1.21 bits per heavy atom. The summed E-state index contributed by atoms with van der Waals surface area (Å²) in [6.07, 6.45) is -1.09. The van der Waals surface area contributed by atoms with Crippen LogP contribution in [-0.2, 0) is 20.7 Å². The number of esters is 1. The molecule has 1 atom stereocenters. The van der Waals surface area contributed by atoms with Crippen LogP contribution in [0.5, 0.6) is 0 Å². The highest BCUT2D eigenvalue weighted by Crippen LogP contribution is 2.14. The lowest BCUT2D eigenvalue weighted by molar-refractivity contribution is -0.152. The van der Waals surface area contributed by atoms with E-state index in [4.69, 9.17) is 10.00 Å². The van der Waals surface area contributed by atoms with Gasteiger partial charge in [0.25, 0.3) is 5.91 Å². The van der Waals surface area contributed by atoms with Crippen molar-refractivity contribution in [1.29, 1.82) is 5.26 Å². The molecular weight excluding hydrogens is 311 g/mol. The monoisotopic (exact) mass is 326 g/mol. The molecule has 0 aliphatic rings. The van der Waals surface area contributed by atoms with Crippen LogP contribution in [0.3, 0.4) is 0 Å². The standard InChI is InChI=1S/C18H15FN2O3/c1-12(18(23)21-16-5-3-2-4-14(16)11-20)24-17(22)10-13-6-8-15(19)9-7-13/h2-9,12H,10H2,1H3,(H,21,23)/t12-/m1/s1. The van der Waals surface area contributed by atoms with Crippen LogP contribution >= 0.6 is 0 Å². The van der Waals surface area contributed by atoms with Crippen LogP contribution in [0.25, 0.3) is 0 Å².